The highest BCUT2D eigenvalue weighted by Gasteiger charge is 2.23. The number of thiazole rings is 1. The Bertz CT molecular complexity index is 703. The van der Waals surface area contributed by atoms with Crippen molar-refractivity contribution in [2.24, 2.45) is 4.99 Å². The Morgan fingerprint density at radius 3 is 2.78 bits per heavy atom. The topological polar surface area (TPSA) is 61.8 Å². The number of aryl methyl sites for hydroxylation is 2. The average molecular weight is 408 g/mol. The first kappa shape index (κ1) is 20.3. The lowest BCUT2D eigenvalue weighted by Gasteiger charge is -2.34. The van der Waals surface area contributed by atoms with Gasteiger partial charge in [0.2, 0.25) is 0 Å². The lowest BCUT2D eigenvalue weighted by atomic mass is 10.2. The molecule has 0 aliphatic carbocycles. The van der Waals surface area contributed by atoms with Crippen LogP contribution < -0.4 is 10.6 Å². The number of hydrogen-bond acceptors (Lipinski definition) is 6. The number of aromatic nitrogens is 1. The first-order valence-corrected chi connectivity index (χ1v) is 11.2. The molecule has 1 atom stereocenters. The number of thiophene rings is 1. The van der Waals surface area contributed by atoms with E-state index in [-0.39, 0.29) is 0 Å². The number of guanidine groups is 1. The van der Waals surface area contributed by atoms with Crippen LogP contribution in [0.5, 0.6) is 0 Å². The highest BCUT2D eigenvalue weighted by atomic mass is 32.1. The Labute approximate surface area is 169 Å². The summed E-state index contributed by atoms with van der Waals surface area (Å²) < 4.78 is 5.53. The standard InChI is InChI=1S/C19H29N5OS2/c1-4-20-19(22-13-18-23-14(2)15(3)27-18)21-12-16(17-6-5-11-26-17)24-7-9-25-10-8-24/h5-6,11,16H,4,7-10,12-13H2,1-3H3,(H2,20,21,22). The van der Waals surface area contributed by atoms with Crippen LogP contribution in [0.25, 0.3) is 0 Å². The zero-order chi connectivity index (χ0) is 19.1. The Hall–Kier alpha value is -1.48. The van der Waals surface area contributed by atoms with Crippen molar-refractivity contribution >= 4 is 28.6 Å². The Balaban J connectivity index is 1.65. The molecule has 1 fully saturated rings. The molecule has 0 bridgehead atoms. The number of nitrogens with zero attached hydrogens (tertiary/aromatic N) is 3. The van der Waals surface area contributed by atoms with Crippen molar-refractivity contribution in [2.45, 2.75) is 33.4 Å². The zero-order valence-corrected chi connectivity index (χ0v) is 18.0. The van der Waals surface area contributed by atoms with Crippen molar-refractivity contribution in [3.8, 4) is 0 Å². The molecule has 27 heavy (non-hydrogen) atoms. The first-order chi connectivity index (χ1) is 13.2. The van der Waals surface area contributed by atoms with Gasteiger partial charge in [-0.15, -0.1) is 22.7 Å². The van der Waals surface area contributed by atoms with Gasteiger partial charge in [-0.25, -0.2) is 9.98 Å². The van der Waals surface area contributed by atoms with Gasteiger partial charge < -0.3 is 15.4 Å². The predicted octanol–water partition coefficient (Wildman–Crippen LogP) is 2.95. The molecule has 1 aliphatic rings. The molecule has 3 rings (SSSR count). The Kier molecular flexibility index (Phi) is 7.63. The van der Waals surface area contributed by atoms with E-state index in [1.165, 1.54) is 9.75 Å². The van der Waals surface area contributed by atoms with Gasteiger partial charge >= 0.3 is 0 Å². The number of rotatable bonds is 7. The van der Waals surface area contributed by atoms with Crippen LogP contribution in [0.3, 0.4) is 0 Å². The maximum Gasteiger partial charge on any atom is 0.191 e. The molecule has 1 unspecified atom stereocenters. The highest BCUT2D eigenvalue weighted by molar-refractivity contribution is 7.11. The van der Waals surface area contributed by atoms with Crippen molar-refractivity contribution < 1.29 is 4.74 Å². The van der Waals surface area contributed by atoms with E-state index in [1.54, 1.807) is 11.3 Å². The Morgan fingerprint density at radius 1 is 1.33 bits per heavy atom. The van der Waals surface area contributed by atoms with Crippen LogP contribution in [-0.4, -0.2) is 55.2 Å². The zero-order valence-electron chi connectivity index (χ0n) is 16.3. The summed E-state index contributed by atoms with van der Waals surface area (Å²) in [7, 11) is 0. The third-order valence-corrected chi connectivity index (χ3v) is 6.64. The number of aliphatic imine (C=N–C) groups is 1. The average Bonchev–Trinajstić information content (AvgIpc) is 3.31. The fourth-order valence-electron chi connectivity index (χ4n) is 3.07. The van der Waals surface area contributed by atoms with Crippen molar-refractivity contribution in [2.75, 3.05) is 39.4 Å². The van der Waals surface area contributed by atoms with Gasteiger partial charge in [-0.3, -0.25) is 4.90 Å². The highest BCUT2D eigenvalue weighted by Crippen LogP contribution is 2.25. The molecule has 1 saturated heterocycles. The van der Waals surface area contributed by atoms with E-state index in [9.17, 15) is 0 Å². The lowest BCUT2D eigenvalue weighted by Crippen LogP contribution is -2.46. The summed E-state index contributed by atoms with van der Waals surface area (Å²) in [4.78, 5) is 14.5. The number of morpholine rings is 1. The van der Waals surface area contributed by atoms with Gasteiger partial charge in [0.25, 0.3) is 0 Å². The van der Waals surface area contributed by atoms with E-state index in [1.807, 2.05) is 11.3 Å². The smallest absolute Gasteiger partial charge is 0.191 e. The van der Waals surface area contributed by atoms with Gasteiger partial charge in [0.05, 0.1) is 31.5 Å². The summed E-state index contributed by atoms with van der Waals surface area (Å²) in [5.41, 5.74) is 1.10. The predicted molar refractivity (Wildman–Crippen MR) is 114 cm³/mol. The van der Waals surface area contributed by atoms with Crippen molar-refractivity contribution in [1.82, 2.24) is 20.5 Å². The molecule has 8 heteroatoms. The molecule has 2 N–H and O–H groups in total. The van der Waals surface area contributed by atoms with Crippen molar-refractivity contribution in [3.63, 3.8) is 0 Å². The molecule has 0 amide bonds. The van der Waals surface area contributed by atoms with Gasteiger partial charge in [-0.1, -0.05) is 6.07 Å². The number of hydrogen-bond donors (Lipinski definition) is 2. The lowest BCUT2D eigenvalue weighted by molar-refractivity contribution is 0.0177. The van der Waals surface area contributed by atoms with Crippen molar-refractivity contribution in [3.05, 3.63) is 38.0 Å². The molecular formula is C19H29N5OS2. The first-order valence-electron chi connectivity index (χ1n) is 9.47. The van der Waals surface area contributed by atoms with Crippen LogP contribution in [0.2, 0.25) is 0 Å². The molecule has 0 spiro atoms. The fraction of sp³-hybridized carbons (Fsp3) is 0.579. The van der Waals surface area contributed by atoms with Crippen molar-refractivity contribution in [1.29, 1.82) is 0 Å². The summed E-state index contributed by atoms with van der Waals surface area (Å²) >= 11 is 3.54. The van der Waals surface area contributed by atoms with E-state index in [0.717, 1.165) is 56.1 Å². The summed E-state index contributed by atoms with van der Waals surface area (Å²) in [6, 6.07) is 4.68. The molecule has 2 aromatic rings. The minimum atomic E-state index is 0.335. The van der Waals surface area contributed by atoms with E-state index in [2.05, 4.69) is 58.8 Å². The maximum absolute atomic E-state index is 5.53. The molecule has 0 aromatic carbocycles. The number of ether oxygens (including phenoxy) is 1. The fourth-order valence-corrected chi connectivity index (χ4v) is 4.79. The second-order valence-electron chi connectivity index (χ2n) is 6.50. The van der Waals surface area contributed by atoms with Crippen LogP contribution in [0.1, 0.15) is 33.4 Å². The van der Waals surface area contributed by atoms with Gasteiger partial charge in [-0.2, -0.15) is 0 Å². The second-order valence-corrected chi connectivity index (χ2v) is 8.77. The van der Waals surface area contributed by atoms with Crippen LogP contribution >= 0.6 is 22.7 Å². The summed E-state index contributed by atoms with van der Waals surface area (Å²) in [5, 5.41) is 10.1. The quantitative estimate of drug-likeness (QED) is 0.546. The molecule has 0 saturated carbocycles. The molecule has 2 aromatic heterocycles. The monoisotopic (exact) mass is 407 g/mol. The second kappa shape index (κ2) is 10.2. The van der Waals surface area contributed by atoms with Gasteiger partial charge in [0.1, 0.15) is 5.01 Å². The summed E-state index contributed by atoms with van der Waals surface area (Å²) in [5.74, 6) is 0.845. The molecule has 6 nitrogen and oxygen atoms in total. The van der Waals surface area contributed by atoms with E-state index < -0.39 is 0 Å². The Morgan fingerprint density at radius 2 is 2.15 bits per heavy atom. The van der Waals surface area contributed by atoms with E-state index in [4.69, 9.17) is 9.73 Å². The van der Waals surface area contributed by atoms with Gasteiger partial charge in [-0.05, 0) is 32.2 Å². The maximum atomic E-state index is 5.53. The normalized spacial score (nSPS) is 17.1. The molecule has 0 radical (unpaired) electrons. The largest absolute Gasteiger partial charge is 0.379 e. The SMILES string of the molecule is CCNC(=NCc1nc(C)c(C)s1)NCC(c1cccs1)N1CCOCC1. The van der Waals surface area contributed by atoms with E-state index >= 15 is 0 Å². The van der Waals surface area contributed by atoms with Gasteiger partial charge in [0, 0.05) is 35.9 Å². The van der Waals surface area contributed by atoms with Crippen LogP contribution in [-0.2, 0) is 11.3 Å². The minimum absolute atomic E-state index is 0.335. The van der Waals surface area contributed by atoms with Crippen LogP contribution in [0.4, 0.5) is 0 Å². The van der Waals surface area contributed by atoms with E-state index in [0.29, 0.717) is 12.6 Å². The third-order valence-electron chi connectivity index (χ3n) is 4.61. The molecule has 148 valence electrons. The minimum Gasteiger partial charge on any atom is -0.379 e. The summed E-state index contributed by atoms with van der Waals surface area (Å²) in [6.45, 7) is 12.1. The number of nitrogens with one attached hydrogen (secondary N) is 2. The molecular weight excluding hydrogens is 378 g/mol. The van der Waals surface area contributed by atoms with Crippen LogP contribution in [0, 0.1) is 13.8 Å². The molecule has 1 aliphatic heterocycles. The van der Waals surface area contributed by atoms with Crippen LogP contribution in [0.15, 0.2) is 22.5 Å². The van der Waals surface area contributed by atoms with Gasteiger partial charge in [0.15, 0.2) is 5.96 Å². The summed E-state index contributed by atoms with van der Waals surface area (Å²) in [6.07, 6.45) is 0. The molecule has 3 heterocycles. The third kappa shape index (κ3) is 5.75.